The van der Waals surface area contributed by atoms with E-state index in [0.717, 1.165) is 38.8 Å². The van der Waals surface area contributed by atoms with E-state index < -0.39 is 17.7 Å². The Kier molecular flexibility index (Phi) is 8.23. The Morgan fingerprint density at radius 3 is 2.47 bits per heavy atom. The minimum atomic E-state index is -4.33. The van der Waals surface area contributed by atoms with Crippen LogP contribution in [-0.2, 0) is 21.0 Å². The first-order valence-electron chi connectivity index (χ1n) is 9.83. The second-order valence-corrected chi connectivity index (χ2v) is 11.4. The Balaban J connectivity index is 1.63. The molecule has 170 valence electrons. The van der Waals surface area contributed by atoms with E-state index in [4.69, 9.17) is 9.47 Å². The fourth-order valence-corrected chi connectivity index (χ4v) is 8.02. The third-order valence-corrected chi connectivity index (χ3v) is 10.1. The number of hydrogen-bond acceptors (Lipinski definition) is 4. The van der Waals surface area contributed by atoms with Crippen LogP contribution in [0.1, 0.15) is 28.2 Å². The molecule has 0 saturated heterocycles. The number of rotatable bonds is 8. The van der Waals surface area contributed by atoms with Crippen LogP contribution in [0.5, 0.6) is 5.75 Å². The Hall–Kier alpha value is -2.05. The summed E-state index contributed by atoms with van der Waals surface area (Å²) in [6.07, 6.45) is -4.33. The molecule has 0 unspecified atom stereocenters. The number of alkyl halides is 3. The number of aromatic nitrogens is 1. The summed E-state index contributed by atoms with van der Waals surface area (Å²) in [6, 6.07) is 11.2. The van der Waals surface area contributed by atoms with Crippen molar-refractivity contribution in [1.82, 2.24) is 4.98 Å². The number of halogens is 3. The van der Waals surface area contributed by atoms with Crippen LogP contribution in [0.25, 0.3) is 10.1 Å². The average molecular weight is 575 g/mol. The van der Waals surface area contributed by atoms with Crippen LogP contribution in [-0.4, -0.2) is 53.6 Å². The van der Waals surface area contributed by atoms with Gasteiger partial charge >= 0.3 is 197 Å². The molecule has 3 rings (SSSR count). The number of hydrogen-bond donors (Lipinski definition) is 0. The van der Waals surface area contributed by atoms with Gasteiger partial charge in [-0.1, -0.05) is 0 Å². The molecule has 1 aromatic heterocycles. The molecule has 0 aliphatic carbocycles. The molecule has 0 atom stereocenters. The van der Waals surface area contributed by atoms with Crippen molar-refractivity contribution in [2.75, 3.05) is 13.2 Å². The zero-order valence-corrected chi connectivity index (χ0v) is 21.2. The van der Waals surface area contributed by atoms with Gasteiger partial charge in [0.05, 0.1) is 0 Å². The summed E-state index contributed by atoms with van der Waals surface area (Å²) in [5, 5.41) is 0.898. The van der Waals surface area contributed by atoms with Crippen LogP contribution in [0.15, 0.2) is 42.5 Å². The summed E-state index contributed by atoms with van der Waals surface area (Å²) in [7, 11) is 0. The number of esters is 1. The molecule has 32 heavy (non-hydrogen) atoms. The first-order valence-corrected chi connectivity index (χ1v) is 13.6. The number of benzene rings is 2. The second kappa shape index (κ2) is 10.7. The monoisotopic (exact) mass is 577 g/mol. The Bertz CT molecular complexity index is 1080. The number of carbonyl (C=O) groups excluding carboxylic acids is 1. The van der Waals surface area contributed by atoms with Gasteiger partial charge in [-0.3, -0.25) is 0 Å². The van der Waals surface area contributed by atoms with Gasteiger partial charge in [-0.05, 0) is 0 Å². The summed E-state index contributed by atoms with van der Waals surface area (Å²) in [6.45, 7) is 5.86. The van der Waals surface area contributed by atoms with Crippen LogP contribution >= 0.6 is 0 Å². The van der Waals surface area contributed by atoms with Crippen molar-refractivity contribution >= 4 is 39.9 Å². The number of carbonyl (C=O) groups is 1. The molecule has 0 aliphatic rings. The maximum atomic E-state index is 12.8. The van der Waals surface area contributed by atoms with Gasteiger partial charge in [-0.2, -0.15) is 0 Å². The molecule has 0 spiro atoms. The number of aryl methyl sites for hydroxylation is 2. The van der Waals surface area contributed by atoms with Gasteiger partial charge in [0.2, 0.25) is 0 Å². The van der Waals surface area contributed by atoms with E-state index in [2.05, 4.69) is 11.1 Å². The van der Waals surface area contributed by atoms with E-state index in [9.17, 15) is 18.0 Å². The van der Waals surface area contributed by atoms with Crippen LogP contribution in [0.3, 0.4) is 0 Å². The molecule has 3 aromatic rings. The molecule has 0 amide bonds. The molecule has 0 bridgehead atoms. The van der Waals surface area contributed by atoms with Crippen molar-refractivity contribution < 1.29 is 27.4 Å². The van der Waals surface area contributed by atoms with Crippen LogP contribution in [0.2, 0.25) is 0 Å². The maximum absolute atomic E-state index is 12.8. The van der Waals surface area contributed by atoms with Crippen molar-refractivity contribution in [2.45, 2.75) is 32.3 Å². The minimum absolute atomic E-state index is 0.00329. The third kappa shape index (κ3) is 6.48. The molecule has 0 radical (unpaired) electrons. The van der Waals surface area contributed by atoms with Gasteiger partial charge in [-0.25, -0.2) is 0 Å². The third-order valence-electron chi connectivity index (χ3n) is 4.52. The van der Waals surface area contributed by atoms with Crippen LogP contribution in [0.4, 0.5) is 13.2 Å². The fourth-order valence-electron chi connectivity index (χ4n) is 2.85. The molecule has 4 nitrogen and oxygen atoms in total. The zero-order chi connectivity index (χ0) is 23.3. The summed E-state index contributed by atoms with van der Waals surface area (Å²) >= 11 is 0.192. The van der Waals surface area contributed by atoms with E-state index in [1.165, 1.54) is 21.0 Å². The summed E-state index contributed by atoms with van der Waals surface area (Å²) in [5.74, 6) is 0.265. The molecular weight excluding hydrogens is 553 g/mol. The van der Waals surface area contributed by atoms with Crippen molar-refractivity contribution in [3.8, 4) is 15.9 Å². The molecule has 0 saturated carbocycles. The predicted molar refractivity (Wildman–Crippen MR) is 119 cm³/mol. The van der Waals surface area contributed by atoms with Gasteiger partial charge in [0.1, 0.15) is 0 Å². The summed E-state index contributed by atoms with van der Waals surface area (Å²) < 4.78 is 52.1. The van der Waals surface area contributed by atoms with E-state index in [0.29, 0.717) is 12.4 Å². The van der Waals surface area contributed by atoms with Crippen molar-refractivity contribution in [2.24, 2.45) is 0 Å². The van der Waals surface area contributed by atoms with Crippen LogP contribution in [0, 0.1) is 13.8 Å². The molecule has 0 fully saturated rings. The van der Waals surface area contributed by atoms with E-state index in [1.54, 1.807) is 6.92 Å². The first kappa shape index (κ1) is 24.6. The average Bonchev–Trinajstić information content (AvgIpc) is 3.12. The van der Waals surface area contributed by atoms with Gasteiger partial charge in [0, 0.05) is 0 Å². The first-order chi connectivity index (χ1) is 15.2. The van der Waals surface area contributed by atoms with Gasteiger partial charge in [0.25, 0.3) is 0 Å². The molecule has 2 aromatic carbocycles. The molecule has 0 N–H and O–H groups in total. The van der Waals surface area contributed by atoms with E-state index in [-0.39, 0.29) is 36.1 Å². The van der Waals surface area contributed by atoms with E-state index in [1.807, 2.05) is 26.0 Å². The summed E-state index contributed by atoms with van der Waals surface area (Å²) in [5.41, 5.74) is 2.02. The fraction of sp³-hybridized carbons (Fsp3) is 0.304. The van der Waals surface area contributed by atoms with Crippen LogP contribution < -0.4 is 9.20 Å². The quantitative estimate of drug-likeness (QED) is 0.302. The van der Waals surface area contributed by atoms with Crippen molar-refractivity contribution in [3.05, 3.63) is 63.7 Å². The van der Waals surface area contributed by atoms with E-state index >= 15 is 0 Å². The summed E-state index contributed by atoms with van der Waals surface area (Å²) in [4.78, 5) is 16.1. The topological polar surface area (TPSA) is 48.4 Å². The van der Waals surface area contributed by atoms with Crippen molar-refractivity contribution in [1.29, 1.82) is 0 Å². The molecule has 0 aliphatic heterocycles. The second-order valence-electron chi connectivity index (χ2n) is 6.91. The zero-order valence-electron chi connectivity index (χ0n) is 17.8. The van der Waals surface area contributed by atoms with Gasteiger partial charge < -0.3 is 0 Å². The number of ether oxygens (including phenoxy) is 2. The SMILES string of the molecule is CCOC(=O)COc1ccc([Se]Cc2[se]c(-c3ccc(C(F)(F)F)cc3)nc2C)cc1C. The molecular formula is C23H22F3NO3Se2. The predicted octanol–water partition coefficient (Wildman–Crippen LogP) is 3.91. The van der Waals surface area contributed by atoms with Gasteiger partial charge in [0.15, 0.2) is 0 Å². The standard InChI is InChI=1S/C23H22F3NO3Se2/c1-4-29-21(28)12-30-19-10-9-18(11-14(19)2)31-13-20-15(3)27-22(32-20)16-5-7-17(8-6-16)23(24,25)26/h5-11H,4,12-13H2,1-3H3. The molecule has 1 heterocycles. The number of nitrogens with zero attached hydrogens (tertiary/aromatic N) is 1. The Morgan fingerprint density at radius 1 is 1.12 bits per heavy atom. The normalized spacial score (nSPS) is 11.4. The Morgan fingerprint density at radius 2 is 1.84 bits per heavy atom. The van der Waals surface area contributed by atoms with Gasteiger partial charge in [-0.15, -0.1) is 0 Å². The van der Waals surface area contributed by atoms with Crippen molar-refractivity contribution in [3.63, 3.8) is 0 Å². The molecule has 9 heteroatoms. The Labute approximate surface area is 197 Å².